The summed E-state index contributed by atoms with van der Waals surface area (Å²) in [6.07, 6.45) is 3.90. The molecule has 0 saturated heterocycles. The minimum atomic E-state index is -0.252. The van der Waals surface area contributed by atoms with E-state index in [2.05, 4.69) is 27.7 Å². The van der Waals surface area contributed by atoms with Crippen molar-refractivity contribution in [3.05, 3.63) is 23.5 Å². The molecule has 1 aromatic rings. The maximum atomic E-state index is 11.5. The largest absolute Gasteiger partial charge is 0.465 e. The summed E-state index contributed by atoms with van der Waals surface area (Å²) >= 11 is 0. The lowest BCUT2D eigenvalue weighted by Gasteiger charge is -2.06. The van der Waals surface area contributed by atoms with Gasteiger partial charge in [0.1, 0.15) is 0 Å². The molecule has 0 aromatic carbocycles. The van der Waals surface area contributed by atoms with Crippen molar-refractivity contribution in [1.82, 2.24) is 4.57 Å². The fraction of sp³-hybridized carbons (Fsp3) is 0.583. The molecule has 1 heterocycles. The van der Waals surface area contributed by atoms with Crippen molar-refractivity contribution in [2.45, 2.75) is 39.7 Å². The van der Waals surface area contributed by atoms with Crippen LogP contribution in [0.1, 0.15) is 55.6 Å². The smallest absolute Gasteiger partial charge is 0.339 e. The third kappa shape index (κ3) is 2.41. The average molecular weight is 209 g/mol. The Balaban J connectivity index is 3.17. The van der Waals surface area contributed by atoms with Gasteiger partial charge in [0.05, 0.1) is 12.7 Å². The molecule has 1 aromatic heterocycles. The molecule has 0 saturated carbocycles. The topological polar surface area (TPSA) is 31.2 Å². The molecule has 3 nitrogen and oxygen atoms in total. The Hall–Kier alpha value is -1.25. The zero-order valence-corrected chi connectivity index (χ0v) is 10.1. The standard InChI is InChI=1S/C12H19NO2/c1-8(2)10-6-13(9(3)4)7-11(10)12(14)15-5/h6-9H,1-5H3. The Morgan fingerprint density at radius 3 is 2.27 bits per heavy atom. The molecule has 0 aliphatic rings. The molecule has 0 atom stereocenters. The Labute approximate surface area is 91.0 Å². The molecular formula is C12H19NO2. The third-order valence-electron chi connectivity index (χ3n) is 2.50. The van der Waals surface area contributed by atoms with Crippen LogP contribution >= 0.6 is 0 Å². The van der Waals surface area contributed by atoms with Crippen LogP contribution in [0.15, 0.2) is 12.4 Å². The number of hydrogen-bond donors (Lipinski definition) is 0. The van der Waals surface area contributed by atoms with Gasteiger partial charge in [0.15, 0.2) is 0 Å². The van der Waals surface area contributed by atoms with Crippen LogP contribution in [0.3, 0.4) is 0 Å². The Morgan fingerprint density at radius 1 is 1.27 bits per heavy atom. The Bertz CT molecular complexity index is 351. The van der Waals surface area contributed by atoms with E-state index in [0.29, 0.717) is 17.5 Å². The monoisotopic (exact) mass is 209 g/mol. The first-order valence-corrected chi connectivity index (χ1v) is 5.27. The molecule has 0 fully saturated rings. The van der Waals surface area contributed by atoms with Crippen molar-refractivity contribution < 1.29 is 9.53 Å². The molecule has 0 bridgehead atoms. The summed E-state index contributed by atoms with van der Waals surface area (Å²) in [5.41, 5.74) is 1.73. The number of ether oxygens (including phenoxy) is 1. The van der Waals surface area contributed by atoms with Crippen LogP contribution in [0, 0.1) is 0 Å². The molecule has 0 amide bonds. The van der Waals surface area contributed by atoms with E-state index in [1.54, 1.807) is 0 Å². The molecule has 0 unspecified atom stereocenters. The molecule has 84 valence electrons. The van der Waals surface area contributed by atoms with Gasteiger partial charge in [0.2, 0.25) is 0 Å². The van der Waals surface area contributed by atoms with E-state index >= 15 is 0 Å². The van der Waals surface area contributed by atoms with Gasteiger partial charge < -0.3 is 9.30 Å². The Kier molecular flexibility index (Phi) is 3.56. The minimum absolute atomic E-state index is 0.252. The van der Waals surface area contributed by atoms with Crippen LogP contribution in [0.25, 0.3) is 0 Å². The van der Waals surface area contributed by atoms with E-state index in [9.17, 15) is 4.79 Å². The van der Waals surface area contributed by atoms with Crippen LogP contribution in [0.4, 0.5) is 0 Å². The van der Waals surface area contributed by atoms with E-state index in [1.165, 1.54) is 7.11 Å². The number of esters is 1. The second-order valence-corrected chi connectivity index (χ2v) is 4.31. The van der Waals surface area contributed by atoms with Gasteiger partial charge >= 0.3 is 5.97 Å². The second kappa shape index (κ2) is 4.51. The van der Waals surface area contributed by atoms with Gasteiger partial charge in [-0.1, -0.05) is 13.8 Å². The summed E-state index contributed by atoms with van der Waals surface area (Å²) in [5, 5.41) is 0. The van der Waals surface area contributed by atoms with E-state index in [0.717, 1.165) is 5.56 Å². The number of carbonyl (C=O) groups excluding carboxylic acids is 1. The highest BCUT2D eigenvalue weighted by Gasteiger charge is 2.17. The average Bonchev–Trinajstić information content (AvgIpc) is 2.61. The van der Waals surface area contributed by atoms with E-state index in [1.807, 2.05) is 17.0 Å². The van der Waals surface area contributed by atoms with Crippen LogP contribution in [0.2, 0.25) is 0 Å². The first kappa shape index (κ1) is 11.8. The van der Waals surface area contributed by atoms with E-state index in [4.69, 9.17) is 4.74 Å². The van der Waals surface area contributed by atoms with Crippen molar-refractivity contribution in [3.63, 3.8) is 0 Å². The van der Waals surface area contributed by atoms with Gasteiger partial charge in [0.25, 0.3) is 0 Å². The number of nitrogens with zero attached hydrogens (tertiary/aromatic N) is 1. The molecule has 0 aliphatic heterocycles. The lowest BCUT2D eigenvalue weighted by Crippen LogP contribution is -2.04. The molecule has 15 heavy (non-hydrogen) atoms. The molecule has 0 N–H and O–H groups in total. The van der Waals surface area contributed by atoms with Crippen molar-refractivity contribution in [3.8, 4) is 0 Å². The first-order valence-electron chi connectivity index (χ1n) is 5.27. The lowest BCUT2D eigenvalue weighted by molar-refractivity contribution is 0.0599. The first-order chi connectivity index (χ1) is 6.97. The zero-order chi connectivity index (χ0) is 11.6. The molecule has 0 aliphatic carbocycles. The van der Waals surface area contributed by atoms with Crippen molar-refractivity contribution in [2.24, 2.45) is 0 Å². The van der Waals surface area contributed by atoms with Crippen LogP contribution in [-0.2, 0) is 4.74 Å². The summed E-state index contributed by atoms with van der Waals surface area (Å²) in [5.74, 6) is 0.0807. The molecule has 3 heteroatoms. The predicted molar refractivity (Wildman–Crippen MR) is 60.2 cm³/mol. The number of methoxy groups -OCH3 is 1. The summed E-state index contributed by atoms with van der Waals surface area (Å²) < 4.78 is 6.81. The van der Waals surface area contributed by atoms with Gasteiger partial charge in [-0.3, -0.25) is 0 Å². The van der Waals surface area contributed by atoms with Gasteiger partial charge in [-0.05, 0) is 25.3 Å². The summed E-state index contributed by atoms with van der Waals surface area (Å²) in [7, 11) is 1.42. The normalized spacial score (nSPS) is 11.1. The number of rotatable bonds is 3. The summed E-state index contributed by atoms with van der Waals surface area (Å²) in [4.78, 5) is 11.5. The molecular weight excluding hydrogens is 190 g/mol. The number of hydrogen-bond acceptors (Lipinski definition) is 2. The fourth-order valence-electron chi connectivity index (χ4n) is 1.53. The van der Waals surface area contributed by atoms with Crippen LogP contribution in [-0.4, -0.2) is 17.6 Å². The maximum Gasteiger partial charge on any atom is 0.339 e. The van der Waals surface area contributed by atoms with Gasteiger partial charge in [-0.2, -0.15) is 0 Å². The Morgan fingerprint density at radius 2 is 1.87 bits per heavy atom. The van der Waals surface area contributed by atoms with Gasteiger partial charge in [0, 0.05) is 18.4 Å². The molecule has 0 radical (unpaired) electrons. The van der Waals surface area contributed by atoms with E-state index in [-0.39, 0.29) is 5.97 Å². The van der Waals surface area contributed by atoms with Crippen LogP contribution < -0.4 is 0 Å². The third-order valence-corrected chi connectivity index (χ3v) is 2.50. The highest BCUT2D eigenvalue weighted by atomic mass is 16.5. The predicted octanol–water partition coefficient (Wildman–Crippen LogP) is 2.98. The quantitative estimate of drug-likeness (QED) is 0.717. The second-order valence-electron chi connectivity index (χ2n) is 4.31. The number of carbonyl (C=O) groups is 1. The van der Waals surface area contributed by atoms with Crippen LogP contribution in [0.5, 0.6) is 0 Å². The zero-order valence-electron chi connectivity index (χ0n) is 10.1. The SMILES string of the molecule is COC(=O)c1cn(C(C)C)cc1C(C)C. The lowest BCUT2D eigenvalue weighted by atomic mass is 10.0. The molecule has 0 spiro atoms. The highest BCUT2D eigenvalue weighted by Crippen LogP contribution is 2.23. The van der Waals surface area contributed by atoms with E-state index < -0.39 is 0 Å². The van der Waals surface area contributed by atoms with Crippen molar-refractivity contribution in [1.29, 1.82) is 0 Å². The highest BCUT2D eigenvalue weighted by molar-refractivity contribution is 5.91. The maximum absolute atomic E-state index is 11.5. The fourth-order valence-corrected chi connectivity index (χ4v) is 1.53. The van der Waals surface area contributed by atoms with Gasteiger partial charge in [-0.15, -0.1) is 0 Å². The van der Waals surface area contributed by atoms with Gasteiger partial charge in [-0.25, -0.2) is 4.79 Å². The summed E-state index contributed by atoms with van der Waals surface area (Å²) in [6, 6.07) is 0.362. The molecule has 1 rings (SSSR count). The minimum Gasteiger partial charge on any atom is -0.465 e. The van der Waals surface area contributed by atoms with Crippen molar-refractivity contribution >= 4 is 5.97 Å². The number of aromatic nitrogens is 1. The van der Waals surface area contributed by atoms with Crippen molar-refractivity contribution in [2.75, 3.05) is 7.11 Å². The summed E-state index contributed by atoms with van der Waals surface area (Å²) in [6.45, 7) is 8.33.